The Kier molecular flexibility index (Phi) is 4.62. The topological polar surface area (TPSA) is 18.5 Å². The fourth-order valence-corrected chi connectivity index (χ4v) is 3.19. The summed E-state index contributed by atoms with van der Waals surface area (Å²) < 4.78 is 0. The number of likely N-dealkylation sites (N-methyl/N-ethyl adjacent to an activating group) is 1. The standard InChI is InChI=1S/C13H25N3S/c1-15(2)12-8-9-16(10-12)13(17)14-11-6-4-3-5-7-11/h11-12H,3-10H2,1-2H3,(H,14,17). The van der Waals surface area contributed by atoms with Crippen molar-refractivity contribution in [3.63, 3.8) is 0 Å². The molecule has 0 amide bonds. The summed E-state index contributed by atoms with van der Waals surface area (Å²) in [5.74, 6) is 0. The van der Waals surface area contributed by atoms with Gasteiger partial charge in [-0.15, -0.1) is 0 Å². The molecule has 2 fully saturated rings. The van der Waals surface area contributed by atoms with Gasteiger partial charge in [0, 0.05) is 25.2 Å². The van der Waals surface area contributed by atoms with E-state index in [0.717, 1.165) is 18.2 Å². The van der Waals surface area contributed by atoms with Crippen LogP contribution in [0.1, 0.15) is 38.5 Å². The van der Waals surface area contributed by atoms with E-state index in [9.17, 15) is 0 Å². The summed E-state index contributed by atoms with van der Waals surface area (Å²) in [6.07, 6.45) is 7.95. The molecule has 1 aliphatic heterocycles. The molecule has 0 spiro atoms. The molecule has 17 heavy (non-hydrogen) atoms. The van der Waals surface area contributed by atoms with Crippen LogP contribution in [0.2, 0.25) is 0 Å². The molecule has 1 atom stereocenters. The van der Waals surface area contributed by atoms with E-state index in [2.05, 4.69) is 29.2 Å². The predicted molar refractivity (Wildman–Crippen MR) is 76.3 cm³/mol. The molecule has 98 valence electrons. The zero-order valence-corrected chi connectivity index (χ0v) is 11.9. The Morgan fingerprint density at radius 2 is 1.88 bits per heavy atom. The van der Waals surface area contributed by atoms with E-state index in [0.29, 0.717) is 12.1 Å². The third-order valence-corrected chi connectivity index (χ3v) is 4.49. The Bertz CT molecular complexity index is 261. The number of hydrogen-bond donors (Lipinski definition) is 1. The van der Waals surface area contributed by atoms with Gasteiger partial charge >= 0.3 is 0 Å². The molecule has 0 aromatic rings. The molecule has 2 rings (SSSR count). The molecule has 1 N–H and O–H groups in total. The second kappa shape index (κ2) is 6.01. The minimum absolute atomic E-state index is 0.634. The molecular formula is C13H25N3S. The Morgan fingerprint density at radius 1 is 1.18 bits per heavy atom. The maximum Gasteiger partial charge on any atom is 0.169 e. The van der Waals surface area contributed by atoms with E-state index >= 15 is 0 Å². The summed E-state index contributed by atoms with van der Waals surface area (Å²) in [7, 11) is 4.32. The monoisotopic (exact) mass is 255 g/mol. The van der Waals surface area contributed by atoms with Gasteiger partial charge in [0.05, 0.1) is 0 Å². The lowest BCUT2D eigenvalue weighted by molar-refractivity contribution is 0.299. The average Bonchev–Trinajstić information content (AvgIpc) is 2.79. The Labute approximate surface area is 111 Å². The van der Waals surface area contributed by atoms with Crippen molar-refractivity contribution < 1.29 is 0 Å². The zero-order chi connectivity index (χ0) is 12.3. The fourth-order valence-electron chi connectivity index (χ4n) is 2.86. The molecule has 1 unspecified atom stereocenters. The van der Waals surface area contributed by atoms with Crippen LogP contribution < -0.4 is 5.32 Å². The number of nitrogens with one attached hydrogen (secondary N) is 1. The first-order valence-electron chi connectivity index (χ1n) is 6.88. The number of rotatable bonds is 2. The first kappa shape index (κ1) is 13.1. The summed E-state index contributed by atoms with van der Waals surface area (Å²) in [4.78, 5) is 4.65. The summed E-state index contributed by atoms with van der Waals surface area (Å²) in [6, 6.07) is 1.30. The lowest BCUT2D eigenvalue weighted by Gasteiger charge is -2.28. The molecule has 1 saturated heterocycles. The minimum atomic E-state index is 0.634. The molecular weight excluding hydrogens is 230 g/mol. The SMILES string of the molecule is CN(C)C1CCN(C(=S)NC2CCCCC2)C1. The van der Waals surface area contributed by atoms with Gasteiger partial charge in [0.1, 0.15) is 0 Å². The molecule has 0 aromatic heterocycles. The van der Waals surface area contributed by atoms with Crippen LogP contribution in [0.3, 0.4) is 0 Å². The van der Waals surface area contributed by atoms with Crippen LogP contribution in [0, 0.1) is 0 Å². The van der Waals surface area contributed by atoms with E-state index in [-0.39, 0.29) is 0 Å². The van der Waals surface area contributed by atoms with Crippen molar-refractivity contribution in [2.24, 2.45) is 0 Å². The largest absolute Gasteiger partial charge is 0.360 e. The van der Waals surface area contributed by atoms with Crippen LogP contribution in [0.25, 0.3) is 0 Å². The average molecular weight is 255 g/mol. The number of thiocarbonyl (C=S) groups is 1. The van der Waals surface area contributed by atoms with Gasteiger partial charge in [0.25, 0.3) is 0 Å². The van der Waals surface area contributed by atoms with E-state index in [1.807, 2.05) is 0 Å². The second-order valence-corrected chi connectivity index (χ2v) is 6.02. The predicted octanol–water partition coefficient (Wildman–Crippen LogP) is 1.83. The smallest absolute Gasteiger partial charge is 0.169 e. The van der Waals surface area contributed by atoms with Crippen LogP contribution in [0.5, 0.6) is 0 Å². The highest BCUT2D eigenvalue weighted by molar-refractivity contribution is 7.80. The van der Waals surface area contributed by atoms with Crippen LogP contribution in [-0.2, 0) is 0 Å². The van der Waals surface area contributed by atoms with Gasteiger partial charge in [0.15, 0.2) is 5.11 Å². The van der Waals surface area contributed by atoms with Gasteiger partial charge < -0.3 is 15.1 Å². The highest BCUT2D eigenvalue weighted by Crippen LogP contribution is 2.19. The normalized spacial score (nSPS) is 26.5. The molecule has 0 bridgehead atoms. The van der Waals surface area contributed by atoms with Crippen molar-refractivity contribution in [1.29, 1.82) is 0 Å². The van der Waals surface area contributed by atoms with Crippen molar-refractivity contribution in [2.45, 2.75) is 50.6 Å². The fraction of sp³-hybridized carbons (Fsp3) is 0.923. The third kappa shape index (κ3) is 3.55. The van der Waals surface area contributed by atoms with Crippen LogP contribution in [0.4, 0.5) is 0 Å². The van der Waals surface area contributed by atoms with Gasteiger partial charge in [0.2, 0.25) is 0 Å². The van der Waals surface area contributed by atoms with E-state index in [4.69, 9.17) is 12.2 Å². The van der Waals surface area contributed by atoms with E-state index < -0.39 is 0 Å². The van der Waals surface area contributed by atoms with E-state index in [1.54, 1.807) is 0 Å². The molecule has 1 heterocycles. The van der Waals surface area contributed by atoms with Crippen LogP contribution >= 0.6 is 12.2 Å². The quantitative estimate of drug-likeness (QED) is 0.759. The minimum Gasteiger partial charge on any atom is -0.360 e. The lowest BCUT2D eigenvalue weighted by Crippen LogP contribution is -2.45. The van der Waals surface area contributed by atoms with Crippen molar-refractivity contribution >= 4 is 17.3 Å². The Hall–Kier alpha value is -0.350. The first-order valence-corrected chi connectivity index (χ1v) is 7.29. The molecule has 4 heteroatoms. The van der Waals surface area contributed by atoms with Crippen molar-refractivity contribution in [1.82, 2.24) is 15.1 Å². The summed E-state index contributed by atoms with van der Waals surface area (Å²) in [5, 5.41) is 4.55. The van der Waals surface area contributed by atoms with Crippen molar-refractivity contribution in [2.75, 3.05) is 27.2 Å². The lowest BCUT2D eigenvalue weighted by atomic mass is 9.96. The summed E-state index contributed by atoms with van der Waals surface area (Å²) in [5.41, 5.74) is 0. The molecule has 1 aliphatic carbocycles. The van der Waals surface area contributed by atoms with Gasteiger partial charge in [-0.25, -0.2) is 0 Å². The van der Waals surface area contributed by atoms with Gasteiger partial charge in [-0.05, 0) is 45.6 Å². The zero-order valence-electron chi connectivity index (χ0n) is 11.1. The molecule has 3 nitrogen and oxygen atoms in total. The highest BCUT2D eigenvalue weighted by Gasteiger charge is 2.26. The van der Waals surface area contributed by atoms with Gasteiger partial charge in [-0.2, -0.15) is 0 Å². The van der Waals surface area contributed by atoms with Crippen LogP contribution in [-0.4, -0.2) is 54.2 Å². The maximum atomic E-state index is 5.53. The molecule has 2 aliphatic rings. The number of hydrogen-bond acceptors (Lipinski definition) is 2. The summed E-state index contributed by atoms with van der Waals surface area (Å²) >= 11 is 5.53. The second-order valence-electron chi connectivity index (χ2n) is 5.64. The first-order chi connectivity index (χ1) is 8.16. The third-order valence-electron chi connectivity index (χ3n) is 4.11. The Balaban J connectivity index is 1.76. The number of nitrogens with zero attached hydrogens (tertiary/aromatic N) is 2. The van der Waals surface area contributed by atoms with E-state index in [1.165, 1.54) is 38.5 Å². The van der Waals surface area contributed by atoms with Crippen molar-refractivity contribution in [3.05, 3.63) is 0 Å². The van der Waals surface area contributed by atoms with Gasteiger partial charge in [-0.1, -0.05) is 19.3 Å². The number of likely N-dealkylation sites (tertiary alicyclic amines) is 1. The Morgan fingerprint density at radius 3 is 2.47 bits per heavy atom. The molecule has 0 aromatic carbocycles. The van der Waals surface area contributed by atoms with Gasteiger partial charge in [-0.3, -0.25) is 0 Å². The summed E-state index contributed by atoms with van der Waals surface area (Å²) in [6.45, 7) is 2.20. The highest BCUT2D eigenvalue weighted by atomic mass is 32.1. The molecule has 0 radical (unpaired) electrons. The van der Waals surface area contributed by atoms with Crippen LogP contribution in [0.15, 0.2) is 0 Å². The molecule has 1 saturated carbocycles. The maximum absolute atomic E-state index is 5.53. The van der Waals surface area contributed by atoms with Crippen molar-refractivity contribution in [3.8, 4) is 0 Å².